The van der Waals surface area contributed by atoms with E-state index in [1.54, 1.807) is 0 Å². The second-order valence-electron chi connectivity index (χ2n) is 4.47. The Balaban J connectivity index is 2.27. The Hall–Kier alpha value is -1.94. The minimum absolute atomic E-state index is 0.00619. The zero-order valence-corrected chi connectivity index (χ0v) is 13.7. The van der Waals surface area contributed by atoms with E-state index in [1.165, 1.54) is 27.7 Å². The molecule has 0 aliphatic carbocycles. The van der Waals surface area contributed by atoms with Crippen molar-refractivity contribution in [2.75, 3.05) is 11.5 Å². The Morgan fingerprint density at radius 2 is 2.14 bits per heavy atom. The monoisotopic (exact) mass is 341 g/mol. The number of aromatic nitrogens is 4. The van der Waals surface area contributed by atoms with E-state index in [9.17, 15) is 14.4 Å². The van der Waals surface area contributed by atoms with E-state index in [-0.39, 0.29) is 17.1 Å². The molecule has 2 heterocycles. The predicted octanol–water partition coefficient (Wildman–Crippen LogP) is 0.664. The molecule has 22 heavy (non-hydrogen) atoms. The summed E-state index contributed by atoms with van der Waals surface area (Å²) in [5.41, 5.74) is 4.29. The van der Waals surface area contributed by atoms with Crippen LogP contribution < -0.4 is 17.0 Å². The molecule has 0 aromatic carbocycles. The number of rotatable bonds is 6. The molecule has 2 aromatic heterocycles. The van der Waals surface area contributed by atoms with E-state index < -0.39 is 17.0 Å². The highest BCUT2D eigenvalue weighted by Crippen LogP contribution is 2.22. The predicted molar refractivity (Wildman–Crippen MR) is 85.7 cm³/mol. The van der Waals surface area contributed by atoms with Crippen LogP contribution in [0.25, 0.3) is 0 Å². The summed E-state index contributed by atoms with van der Waals surface area (Å²) in [6.07, 6.45) is 0.655. The number of carbonyl (C=O) groups excluding carboxylic acids is 1. The van der Waals surface area contributed by atoms with Crippen molar-refractivity contribution < 1.29 is 4.79 Å². The molecule has 0 unspecified atom stereocenters. The first-order chi connectivity index (χ1) is 10.4. The molecule has 0 saturated carbocycles. The maximum atomic E-state index is 12.3. The zero-order chi connectivity index (χ0) is 16.3. The van der Waals surface area contributed by atoms with Gasteiger partial charge < -0.3 is 5.73 Å². The summed E-state index contributed by atoms with van der Waals surface area (Å²) in [7, 11) is 0. The zero-order valence-electron chi connectivity index (χ0n) is 12.1. The number of Topliss-reactive ketones (excluding diaryl/α,β-unsaturated/α-hetero) is 1. The summed E-state index contributed by atoms with van der Waals surface area (Å²) < 4.78 is 1.84. The third kappa shape index (κ3) is 3.45. The van der Waals surface area contributed by atoms with Gasteiger partial charge in [0, 0.05) is 6.54 Å². The summed E-state index contributed by atoms with van der Waals surface area (Å²) >= 11 is 2.55. The lowest BCUT2D eigenvalue weighted by molar-refractivity contribution is 0.102. The van der Waals surface area contributed by atoms with Gasteiger partial charge in [0.1, 0.15) is 16.4 Å². The molecule has 0 aliphatic heterocycles. The molecule has 0 spiro atoms. The van der Waals surface area contributed by atoms with E-state index in [4.69, 9.17) is 5.73 Å². The first-order valence-corrected chi connectivity index (χ1v) is 8.33. The fourth-order valence-electron chi connectivity index (χ4n) is 1.84. The van der Waals surface area contributed by atoms with Gasteiger partial charge in [-0.25, -0.2) is 4.79 Å². The number of hydrogen-bond donors (Lipinski definition) is 2. The molecule has 0 amide bonds. The standard InChI is InChI=1S/C12H15N5O3S2/c1-3-4-17-9(13)8(10(19)14-11(17)20)7(18)5-21-12-16-15-6(2)22-12/h3-5,13H2,1-2H3,(H,14,19,20). The lowest BCUT2D eigenvalue weighted by Crippen LogP contribution is -2.36. The summed E-state index contributed by atoms with van der Waals surface area (Å²) in [6.45, 7) is 4.02. The average Bonchev–Trinajstić information content (AvgIpc) is 2.86. The van der Waals surface area contributed by atoms with Gasteiger partial charge in [-0.2, -0.15) is 0 Å². The van der Waals surface area contributed by atoms with Gasteiger partial charge >= 0.3 is 5.69 Å². The number of aromatic amines is 1. The fourth-order valence-corrected chi connectivity index (χ4v) is 3.53. The van der Waals surface area contributed by atoms with E-state index in [0.717, 1.165) is 5.01 Å². The Bertz CT molecular complexity index is 808. The van der Waals surface area contributed by atoms with Crippen molar-refractivity contribution in [2.24, 2.45) is 0 Å². The van der Waals surface area contributed by atoms with E-state index in [0.29, 0.717) is 17.3 Å². The van der Waals surface area contributed by atoms with Crippen LogP contribution in [0.3, 0.4) is 0 Å². The molecule has 0 saturated heterocycles. The van der Waals surface area contributed by atoms with E-state index in [1.807, 2.05) is 13.8 Å². The number of nitrogens with zero attached hydrogens (tertiary/aromatic N) is 3. The number of nitrogen functional groups attached to an aromatic ring is 1. The lowest BCUT2D eigenvalue weighted by Gasteiger charge is -2.10. The molecule has 0 radical (unpaired) electrons. The highest BCUT2D eigenvalue weighted by molar-refractivity contribution is 8.01. The van der Waals surface area contributed by atoms with Crippen molar-refractivity contribution in [3.8, 4) is 0 Å². The SMILES string of the molecule is CCCn1c(N)c(C(=O)CSc2nnc(C)s2)c(=O)[nH]c1=O. The molecule has 0 fully saturated rings. The van der Waals surface area contributed by atoms with E-state index >= 15 is 0 Å². The van der Waals surface area contributed by atoms with Crippen LogP contribution in [0.1, 0.15) is 28.7 Å². The van der Waals surface area contributed by atoms with Crippen molar-refractivity contribution in [3.63, 3.8) is 0 Å². The third-order valence-corrected chi connectivity index (χ3v) is 4.77. The maximum absolute atomic E-state index is 12.3. The largest absolute Gasteiger partial charge is 0.384 e. The molecule has 8 nitrogen and oxygen atoms in total. The molecule has 118 valence electrons. The number of thioether (sulfide) groups is 1. The Labute approximate surface area is 133 Å². The first kappa shape index (κ1) is 16.4. The first-order valence-electron chi connectivity index (χ1n) is 6.52. The number of ketones is 1. The maximum Gasteiger partial charge on any atom is 0.329 e. The smallest absolute Gasteiger partial charge is 0.329 e. The van der Waals surface area contributed by atoms with Crippen LogP contribution in [0.4, 0.5) is 5.82 Å². The van der Waals surface area contributed by atoms with Crippen molar-refractivity contribution in [1.29, 1.82) is 0 Å². The summed E-state index contributed by atoms with van der Waals surface area (Å²) in [6, 6.07) is 0. The summed E-state index contributed by atoms with van der Waals surface area (Å²) in [5.74, 6) is -0.525. The van der Waals surface area contributed by atoms with Gasteiger partial charge in [0.05, 0.1) is 5.75 Å². The van der Waals surface area contributed by atoms with Crippen LogP contribution in [-0.4, -0.2) is 31.3 Å². The number of nitrogens with two attached hydrogens (primary N) is 1. The quantitative estimate of drug-likeness (QED) is 0.584. The molecule has 0 atom stereocenters. The van der Waals surface area contributed by atoms with E-state index in [2.05, 4.69) is 15.2 Å². The second kappa shape index (κ2) is 6.88. The van der Waals surface area contributed by atoms with Crippen LogP contribution in [0, 0.1) is 6.92 Å². The topological polar surface area (TPSA) is 124 Å². The molecule has 10 heteroatoms. The number of H-pyrrole nitrogens is 1. The molecule has 3 N–H and O–H groups in total. The number of carbonyl (C=O) groups is 1. The Morgan fingerprint density at radius 1 is 1.41 bits per heavy atom. The van der Waals surface area contributed by atoms with Crippen LogP contribution in [-0.2, 0) is 6.54 Å². The van der Waals surface area contributed by atoms with Gasteiger partial charge in [-0.05, 0) is 13.3 Å². The van der Waals surface area contributed by atoms with Gasteiger partial charge in [0.15, 0.2) is 10.1 Å². The molecule has 2 rings (SSSR count). The number of anilines is 1. The van der Waals surface area contributed by atoms with Gasteiger partial charge in [0.2, 0.25) is 0 Å². The number of nitrogens with one attached hydrogen (secondary N) is 1. The highest BCUT2D eigenvalue weighted by atomic mass is 32.2. The normalized spacial score (nSPS) is 10.8. The van der Waals surface area contributed by atoms with Gasteiger partial charge in [-0.15, -0.1) is 10.2 Å². The van der Waals surface area contributed by atoms with Crippen molar-refractivity contribution in [2.45, 2.75) is 31.2 Å². The molecular weight excluding hydrogens is 326 g/mol. The summed E-state index contributed by atoms with van der Waals surface area (Å²) in [4.78, 5) is 38.0. The van der Waals surface area contributed by atoms with Crippen molar-refractivity contribution in [3.05, 3.63) is 31.4 Å². The van der Waals surface area contributed by atoms with Crippen LogP contribution >= 0.6 is 23.1 Å². The van der Waals surface area contributed by atoms with Crippen LogP contribution in [0.5, 0.6) is 0 Å². The summed E-state index contributed by atoms with van der Waals surface area (Å²) in [5, 5.41) is 8.54. The minimum Gasteiger partial charge on any atom is -0.384 e. The minimum atomic E-state index is -0.756. The Kier molecular flexibility index (Phi) is 5.14. The second-order valence-corrected chi connectivity index (χ2v) is 6.87. The van der Waals surface area contributed by atoms with Crippen LogP contribution in [0.2, 0.25) is 0 Å². The van der Waals surface area contributed by atoms with Gasteiger partial charge in [-0.1, -0.05) is 30.0 Å². The van der Waals surface area contributed by atoms with Gasteiger partial charge in [-0.3, -0.25) is 19.1 Å². The molecular formula is C12H15N5O3S2. The lowest BCUT2D eigenvalue weighted by atomic mass is 10.2. The fraction of sp³-hybridized carbons (Fsp3) is 0.417. The molecule has 0 aliphatic rings. The molecule has 0 bridgehead atoms. The van der Waals surface area contributed by atoms with Crippen LogP contribution in [0.15, 0.2) is 13.9 Å². The molecule has 2 aromatic rings. The highest BCUT2D eigenvalue weighted by Gasteiger charge is 2.19. The number of hydrogen-bond acceptors (Lipinski definition) is 8. The van der Waals surface area contributed by atoms with Crippen molar-refractivity contribution >= 4 is 34.7 Å². The third-order valence-electron chi connectivity index (χ3n) is 2.80. The number of aryl methyl sites for hydroxylation is 1. The Morgan fingerprint density at radius 3 is 2.73 bits per heavy atom. The van der Waals surface area contributed by atoms with Crippen molar-refractivity contribution in [1.82, 2.24) is 19.7 Å². The van der Waals surface area contributed by atoms with Gasteiger partial charge in [0.25, 0.3) is 5.56 Å². The average molecular weight is 341 g/mol.